The third-order valence-electron chi connectivity index (χ3n) is 4.52. The van der Waals surface area contributed by atoms with Crippen molar-refractivity contribution in [3.63, 3.8) is 0 Å². The van der Waals surface area contributed by atoms with Gasteiger partial charge in [-0.3, -0.25) is 9.59 Å². The number of ether oxygens (including phenoxy) is 1. The maximum absolute atomic E-state index is 12.3. The van der Waals surface area contributed by atoms with Gasteiger partial charge in [0.05, 0.1) is 4.87 Å². The fraction of sp³-hybridized carbons (Fsp3) is 0.471. The molecule has 2 aliphatic rings. The lowest BCUT2D eigenvalue weighted by atomic mass is 10.2. The van der Waals surface area contributed by atoms with Crippen LogP contribution in [-0.4, -0.2) is 46.0 Å². The number of benzene rings is 1. The molecule has 1 aromatic rings. The maximum atomic E-state index is 12.3. The Morgan fingerprint density at radius 2 is 2.24 bits per heavy atom. The van der Waals surface area contributed by atoms with Gasteiger partial charge < -0.3 is 15.0 Å². The van der Waals surface area contributed by atoms with E-state index in [2.05, 4.69) is 5.32 Å². The van der Waals surface area contributed by atoms with Crippen LogP contribution < -0.4 is 5.32 Å². The van der Waals surface area contributed by atoms with Crippen molar-refractivity contribution >= 4 is 46.8 Å². The van der Waals surface area contributed by atoms with Crippen LogP contribution in [0.15, 0.2) is 18.2 Å². The fourth-order valence-corrected chi connectivity index (χ4v) is 4.69. The predicted octanol–water partition coefficient (Wildman–Crippen LogP) is 2.58. The van der Waals surface area contributed by atoms with Crippen molar-refractivity contribution in [2.45, 2.75) is 37.6 Å². The number of halogens is 1. The molecule has 2 heterocycles. The highest BCUT2D eigenvalue weighted by Gasteiger charge is 2.53. The summed E-state index contributed by atoms with van der Waals surface area (Å²) in [4.78, 5) is 37.6. The maximum Gasteiger partial charge on any atom is 0.330 e. The molecule has 2 fully saturated rings. The lowest BCUT2D eigenvalue weighted by Gasteiger charge is -2.29. The molecule has 2 aliphatic heterocycles. The zero-order chi connectivity index (χ0) is 18.2. The van der Waals surface area contributed by atoms with Crippen LogP contribution in [0.5, 0.6) is 0 Å². The number of nitrogens with one attached hydrogen (secondary N) is 1. The molecule has 0 aromatic heterocycles. The summed E-state index contributed by atoms with van der Waals surface area (Å²) in [6.07, 6.45) is 1.18. The highest BCUT2D eigenvalue weighted by atomic mass is 35.5. The summed E-state index contributed by atoms with van der Waals surface area (Å²) < 4.78 is 5.12. The molecule has 0 saturated carbocycles. The Morgan fingerprint density at radius 3 is 2.96 bits per heavy atom. The number of hydrogen-bond acceptors (Lipinski definition) is 5. The monoisotopic (exact) mass is 382 g/mol. The highest BCUT2D eigenvalue weighted by Crippen LogP contribution is 2.47. The second kappa shape index (κ2) is 6.88. The number of thioether (sulfide) groups is 1. The van der Waals surface area contributed by atoms with Gasteiger partial charge in [-0.15, -0.1) is 11.8 Å². The zero-order valence-electron chi connectivity index (χ0n) is 14.0. The quantitative estimate of drug-likeness (QED) is 0.810. The van der Waals surface area contributed by atoms with Gasteiger partial charge in [0.2, 0.25) is 5.91 Å². The number of amides is 2. The number of aryl methyl sites for hydroxylation is 1. The van der Waals surface area contributed by atoms with Gasteiger partial charge in [0.25, 0.3) is 5.91 Å². The highest BCUT2D eigenvalue weighted by molar-refractivity contribution is 8.01. The van der Waals surface area contributed by atoms with Crippen LogP contribution >= 0.6 is 23.4 Å². The molecule has 0 spiro atoms. The molecule has 1 N–H and O–H groups in total. The summed E-state index contributed by atoms with van der Waals surface area (Å²) >= 11 is 7.60. The van der Waals surface area contributed by atoms with Crippen molar-refractivity contribution < 1.29 is 19.1 Å². The van der Waals surface area contributed by atoms with E-state index in [0.29, 0.717) is 22.9 Å². The van der Waals surface area contributed by atoms with Crippen molar-refractivity contribution in [1.82, 2.24) is 4.90 Å². The number of fused-ring (bicyclic) bond motifs is 1. The van der Waals surface area contributed by atoms with E-state index < -0.39 is 24.5 Å². The van der Waals surface area contributed by atoms with Crippen molar-refractivity contribution in [2.75, 3.05) is 17.7 Å². The predicted molar refractivity (Wildman–Crippen MR) is 96.5 cm³/mol. The minimum absolute atomic E-state index is 0.0341. The number of nitrogens with zero attached hydrogens (tertiary/aromatic N) is 1. The summed E-state index contributed by atoms with van der Waals surface area (Å²) in [5.41, 5.74) is 1.44. The van der Waals surface area contributed by atoms with Gasteiger partial charge in [0.15, 0.2) is 6.61 Å². The van der Waals surface area contributed by atoms with Crippen LogP contribution in [0.4, 0.5) is 5.69 Å². The van der Waals surface area contributed by atoms with Crippen LogP contribution in [0.1, 0.15) is 25.3 Å². The summed E-state index contributed by atoms with van der Waals surface area (Å²) in [7, 11) is 0. The molecule has 25 heavy (non-hydrogen) atoms. The van der Waals surface area contributed by atoms with Crippen molar-refractivity contribution in [1.29, 1.82) is 0 Å². The lowest BCUT2D eigenvalue weighted by molar-refractivity contribution is -0.155. The van der Waals surface area contributed by atoms with Gasteiger partial charge in [-0.1, -0.05) is 17.7 Å². The average Bonchev–Trinajstić information content (AvgIpc) is 3.05. The Kier molecular flexibility index (Phi) is 4.97. The second-order valence-electron chi connectivity index (χ2n) is 6.39. The van der Waals surface area contributed by atoms with E-state index in [1.165, 1.54) is 0 Å². The van der Waals surface area contributed by atoms with E-state index in [1.54, 1.807) is 34.9 Å². The third-order valence-corrected chi connectivity index (χ3v) is 6.43. The van der Waals surface area contributed by atoms with E-state index in [1.807, 2.05) is 13.8 Å². The molecule has 2 saturated heterocycles. The van der Waals surface area contributed by atoms with Crippen LogP contribution in [0.2, 0.25) is 5.02 Å². The third kappa shape index (κ3) is 3.62. The average molecular weight is 383 g/mol. The molecule has 1 aromatic carbocycles. The first-order valence-electron chi connectivity index (χ1n) is 7.99. The van der Waals surface area contributed by atoms with E-state index in [0.717, 1.165) is 12.0 Å². The molecule has 8 heteroatoms. The SMILES string of the molecule is Cc1ccc(NC(=O)COC(=O)[C@@H]2CS[C@]3(C)CCC(=O)N23)cc1Cl. The number of carbonyl (C=O) groups is 3. The second-order valence-corrected chi connectivity index (χ2v) is 8.29. The molecule has 0 aliphatic carbocycles. The molecule has 0 bridgehead atoms. The fourth-order valence-electron chi connectivity index (χ4n) is 3.10. The molecule has 0 unspecified atom stereocenters. The van der Waals surface area contributed by atoms with Crippen molar-refractivity contribution in [3.05, 3.63) is 28.8 Å². The molecular weight excluding hydrogens is 364 g/mol. The topological polar surface area (TPSA) is 75.7 Å². The van der Waals surface area contributed by atoms with Crippen LogP contribution in [0.25, 0.3) is 0 Å². The molecule has 2 amide bonds. The van der Waals surface area contributed by atoms with Gasteiger partial charge in [0.1, 0.15) is 6.04 Å². The molecule has 134 valence electrons. The zero-order valence-corrected chi connectivity index (χ0v) is 15.6. The first-order chi connectivity index (χ1) is 11.8. The number of esters is 1. The smallest absolute Gasteiger partial charge is 0.330 e. The van der Waals surface area contributed by atoms with E-state index in [9.17, 15) is 14.4 Å². The minimum atomic E-state index is -0.619. The molecular formula is C17H19ClN2O4S. The van der Waals surface area contributed by atoms with Crippen LogP contribution in [0, 0.1) is 6.92 Å². The normalized spacial score (nSPS) is 25.0. The van der Waals surface area contributed by atoms with Crippen LogP contribution in [0.3, 0.4) is 0 Å². The lowest BCUT2D eigenvalue weighted by Crippen LogP contribution is -2.47. The standard InChI is InChI=1S/C17H19ClN2O4S/c1-10-3-4-11(7-12(10)18)19-14(21)8-24-16(23)13-9-25-17(2)6-5-15(22)20(13)17/h3-4,7,13H,5-6,8-9H2,1-2H3,(H,19,21)/t13-,17+/m0/s1. The molecule has 6 nitrogen and oxygen atoms in total. The van der Waals surface area contributed by atoms with Crippen molar-refractivity contribution in [3.8, 4) is 0 Å². The van der Waals surface area contributed by atoms with Gasteiger partial charge in [0, 0.05) is 22.9 Å². The van der Waals surface area contributed by atoms with E-state index in [-0.39, 0.29) is 10.8 Å². The van der Waals surface area contributed by atoms with E-state index >= 15 is 0 Å². The van der Waals surface area contributed by atoms with E-state index in [4.69, 9.17) is 16.3 Å². The van der Waals surface area contributed by atoms with Crippen molar-refractivity contribution in [2.24, 2.45) is 0 Å². The number of carbonyl (C=O) groups excluding carboxylic acids is 3. The largest absolute Gasteiger partial charge is 0.454 e. The van der Waals surface area contributed by atoms with Gasteiger partial charge in [-0.2, -0.15) is 0 Å². The number of rotatable bonds is 4. The van der Waals surface area contributed by atoms with Gasteiger partial charge >= 0.3 is 5.97 Å². The Balaban J connectivity index is 1.54. The summed E-state index contributed by atoms with van der Waals surface area (Å²) in [6, 6.07) is 4.53. The first-order valence-corrected chi connectivity index (χ1v) is 9.35. The van der Waals surface area contributed by atoms with Crippen LogP contribution in [-0.2, 0) is 19.1 Å². The van der Waals surface area contributed by atoms with Gasteiger partial charge in [-0.05, 0) is 38.0 Å². The summed E-state index contributed by atoms with van der Waals surface area (Å²) in [6.45, 7) is 3.43. The molecule has 0 radical (unpaired) electrons. The first kappa shape index (κ1) is 18.1. The Morgan fingerprint density at radius 1 is 1.48 bits per heavy atom. The molecule has 3 rings (SSSR count). The molecule has 2 atom stereocenters. The van der Waals surface area contributed by atoms with Gasteiger partial charge in [-0.25, -0.2) is 4.79 Å². The Hall–Kier alpha value is -1.73. The summed E-state index contributed by atoms with van der Waals surface area (Å²) in [5, 5.41) is 3.18. The Bertz CT molecular complexity index is 741. The Labute approximate surface area is 155 Å². The minimum Gasteiger partial charge on any atom is -0.454 e. The number of anilines is 1. The summed E-state index contributed by atoms with van der Waals surface area (Å²) in [5.74, 6) is -0.526. The number of hydrogen-bond donors (Lipinski definition) is 1.